The first-order chi connectivity index (χ1) is 12.2. The van der Waals surface area contributed by atoms with Gasteiger partial charge in [-0.25, -0.2) is 4.39 Å². The molecule has 0 amide bonds. The van der Waals surface area contributed by atoms with Crippen molar-refractivity contribution in [3.8, 4) is 0 Å². The van der Waals surface area contributed by atoms with E-state index in [4.69, 9.17) is 4.99 Å². The van der Waals surface area contributed by atoms with Crippen molar-refractivity contribution >= 4 is 28.6 Å². The van der Waals surface area contributed by atoms with E-state index in [2.05, 4.69) is 28.8 Å². The minimum Gasteiger partial charge on any atom is -0.361 e. The van der Waals surface area contributed by atoms with Gasteiger partial charge in [-0.3, -0.25) is 4.99 Å². The van der Waals surface area contributed by atoms with Crippen molar-refractivity contribution in [3.05, 3.63) is 35.8 Å². The summed E-state index contributed by atoms with van der Waals surface area (Å²) in [6.07, 6.45) is 8.69. The van der Waals surface area contributed by atoms with Gasteiger partial charge in [-0.1, -0.05) is 0 Å². The van der Waals surface area contributed by atoms with E-state index in [1.807, 2.05) is 24.0 Å². The summed E-state index contributed by atoms with van der Waals surface area (Å²) in [7, 11) is 0. The maximum atomic E-state index is 13.3. The molecule has 2 unspecified atom stereocenters. The zero-order valence-electron chi connectivity index (χ0n) is 14.9. The molecule has 0 bridgehead atoms. The Hall–Kier alpha value is -1.69. The monoisotopic (exact) mass is 362 g/mol. The largest absolute Gasteiger partial charge is 0.361 e. The predicted molar refractivity (Wildman–Crippen MR) is 106 cm³/mol. The van der Waals surface area contributed by atoms with Gasteiger partial charge in [0.1, 0.15) is 5.82 Å². The molecule has 2 atom stereocenters. The first-order valence-electron chi connectivity index (χ1n) is 9.02. The number of H-pyrrole nitrogens is 1. The maximum Gasteiger partial charge on any atom is 0.191 e. The first-order valence-corrected chi connectivity index (χ1v) is 10.3. The number of guanidine groups is 1. The van der Waals surface area contributed by atoms with Crippen LogP contribution in [0.3, 0.4) is 0 Å². The molecule has 1 aliphatic rings. The molecule has 4 nitrogen and oxygen atoms in total. The summed E-state index contributed by atoms with van der Waals surface area (Å²) >= 11 is 1.96. The second-order valence-electron chi connectivity index (χ2n) is 6.53. The van der Waals surface area contributed by atoms with Gasteiger partial charge in [0.15, 0.2) is 5.96 Å². The molecule has 1 aliphatic carbocycles. The van der Waals surface area contributed by atoms with Gasteiger partial charge in [0.05, 0.1) is 0 Å². The molecule has 1 saturated carbocycles. The van der Waals surface area contributed by atoms with E-state index in [0.717, 1.165) is 35.1 Å². The lowest BCUT2D eigenvalue weighted by atomic mass is 10.1. The quantitative estimate of drug-likeness (QED) is 0.543. The number of nitrogens with one attached hydrogen (secondary N) is 3. The van der Waals surface area contributed by atoms with E-state index in [1.165, 1.54) is 37.0 Å². The van der Waals surface area contributed by atoms with Crippen LogP contribution >= 0.6 is 11.8 Å². The van der Waals surface area contributed by atoms with E-state index < -0.39 is 0 Å². The standard InChI is InChI=1S/C19H27FN4S/c1-3-21-19(24-15-5-6-16(11-15)25-2)22-9-8-13-12-23-18-10-14(20)4-7-17(13)18/h4,7,10,12,15-16,23H,3,5-6,8-9,11H2,1-2H3,(H2,21,22,24). The number of hydrogen-bond donors (Lipinski definition) is 3. The Kier molecular flexibility index (Phi) is 6.24. The average Bonchev–Trinajstić information content (AvgIpc) is 3.21. The van der Waals surface area contributed by atoms with Crippen molar-refractivity contribution < 1.29 is 4.39 Å². The van der Waals surface area contributed by atoms with Crippen LogP contribution < -0.4 is 10.6 Å². The fourth-order valence-electron chi connectivity index (χ4n) is 3.45. The molecule has 2 aromatic rings. The fourth-order valence-corrected chi connectivity index (χ4v) is 4.25. The minimum atomic E-state index is -0.210. The highest BCUT2D eigenvalue weighted by molar-refractivity contribution is 7.99. The molecule has 1 aromatic heterocycles. The second-order valence-corrected chi connectivity index (χ2v) is 7.66. The highest BCUT2D eigenvalue weighted by Gasteiger charge is 2.24. The van der Waals surface area contributed by atoms with Crippen molar-refractivity contribution in [2.75, 3.05) is 19.3 Å². The van der Waals surface area contributed by atoms with E-state index in [-0.39, 0.29) is 5.82 Å². The number of hydrogen-bond acceptors (Lipinski definition) is 2. The molecule has 25 heavy (non-hydrogen) atoms. The van der Waals surface area contributed by atoms with Gasteiger partial charge in [0.2, 0.25) is 0 Å². The molecule has 0 aliphatic heterocycles. The van der Waals surface area contributed by atoms with Crippen LogP contribution in [-0.4, -0.2) is 41.6 Å². The molecule has 3 N–H and O–H groups in total. The normalized spacial score (nSPS) is 21.0. The number of fused-ring (bicyclic) bond motifs is 1. The third kappa shape index (κ3) is 4.69. The zero-order valence-corrected chi connectivity index (χ0v) is 15.8. The van der Waals surface area contributed by atoms with Crippen LogP contribution in [0.25, 0.3) is 10.9 Å². The number of aliphatic imine (C=N–C) groups is 1. The van der Waals surface area contributed by atoms with E-state index >= 15 is 0 Å². The van der Waals surface area contributed by atoms with Crippen LogP contribution in [0.15, 0.2) is 29.4 Å². The maximum absolute atomic E-state index is 13.3. The highest BCUT2D eigenvalue weighted by atomic mass is 32.2. The predicted octanol–water partition coefficient (Wildman–Crippen LogP) is 3.69. The lowest BCUT2D eigenvalue weighted by Crippen LogP contribution is -2.42. The minimum absolute atomic E-state index is 0.210. The van der Waals surface area contributed by atoms with E-state index in [9.17, 15) is 4.39 Å². The molecule has 1 aromatic carbocycles. The van der Waals surface area contributed by atoms with Crippen LogP contribution in [-0.2, 0) is 6.42 Å². The van der Waals surface area contributed by atoms with Gasteiger partial charge in [0.25, 0.3) is 0 Å². The van der Waals surface area contributed by atoms with Crippen LogP contribution in [0.4, 0.5) is 4.39 Å². The number of aromatic amines is 1. The van der Waals surface area contributed by atoms with Gasteiger partial charge in [-0.2, -0.15) is 11.8 Å². The van der Waals surface area contributed by atoms with Crippen molar-refractivity contribution in [1.29, 1.82) is 0 Å². The summed E-state index contributed by atoms with van der Waals surface area (Å²) in [5, 5.41) is 8.76. The third-order valence-corrected chi connectivity index (χ3v) is 5.88. The Balaban J connectivity index is 1.59. The smallest absolute Gasteiger partial charge is 0.191 e. The average molecular weight is 363 g/mol. The Bertz CT molecular complexity index is 727. The molecule has 1 fully saturated rings. The van der Waals surface area contributed by atoms with Gasteiger partial charge in [0, 0.05) is 41.5 Å². The van der Waals surface area contributed by atoms with Gasteiger partial charge >= 0.3 is 0 Å². The number of rotatable bonds is 6. The Morgan fingerprint density at radius 1 is 1.40 bits per heavy atom. The fraction of sp³-hybridized carbons (Fsp3) is 0.526. The summed E-state index contributed by atoms with van der Waals surface area (Å²) in [6.45, 7) is 3.65. The summed E-state index contributed by atoms with van der Waals surface area (Å²) in [5.74, 6) is 0.692. The van der Waals surface area contributed by atoms with Crippen molar-refractivity contribution in [2.24, 2.45) is 4.99 Å². The van der Waals surface area contributed by atoms with Crippen molar-refractivity contribution in [3.63, 3.8) is 0 Å². The lowest BCUT2D eigenvalue weighted by Gasteiger charge is -2.17. The van der Waals surface area contributed by atoms with Crippen molar-refractivity contribution in [1.82, 2.24) is 15.6 Å². The Labute approximate surface area is 153 Å². The number of nitrogens with zero attached hydrogens (tertiary/aromatic N) is 1. The SMILES string of the molecule is CCNC(=NCCc1c[nH]c2cc(F)ccc12)NC1CCC(SC)C1. The number of halogens is 1. The molecule has 0 spiro atoms. The summed E-state index contributed by atoms with van der Waals surface area (Å²) in [6, 6.07) is 5.41. The summed E-state index contributed by atoms with van der Waals surface area (Å²) < 4.78 is 13.3. The first kappa shape index (κ1) is 18.1. The van der Waals surface area contributed by atoms with Crippen LogP contribution in [0.2, 0.25) is 0 Å². The molecular weight excluding hydrogens is 335 g/mol. The topological polar surface area (TPSA) is 52.2 Å². The van der Waals surface area contributed by atoms with Crippen LogP contribution in [0.5, 0.6) is 0 Å². The van der Waals surface area contributed by atoms with E-state index in [1.54, 1.807) is 0 Å². The molecule has 3 rings (SSSR count). The third-order valence-electron chi connectivity index (χ3n) is 4.78. The Morgan fingerprint density at radius 3 is 3.04 bits per heavy atom. The zero-order chi connectivity index (χ0) is 17.6. The van der Waals surface area contributed by atoms with Crippen LogP contribution in [0.1, 0.15) is 31.7 Å². The second kappa shape index (κ2) is 8.61. The molecule has 1 heterocycles. The molecule has 136 valence electrons. The van der Waals surface area contributed by atoms with Gasteiger partial charge in [-0.15, -0.1) is 0 Å². The molecule has 0 saturated heterocycles. The van der Waals surface area contributed by atoms with Gasteiger partial charge < -0.3 is 15.6 Å². The summed E-state index contributed by atoms with van der Waals surface area (Å²) in [5.41, 5.74) is 2.02. The molecule has 0 radical (unpaired) electrons. The molecule has 6 heteroatoms. The number of benzene rings is 1. The molecular formula is C19H27FN4S. The summed E-state index contributed by atoms with van der Waals surface area (Å²) in [4.78, 5) is 7.87. The van der Waals surface area contributed by atoms with Crippen molar-refractivity contribution in [2.45, 2.75) is 43.9 Å². The van der Waals surface area contributed by atoms with E-state index in [0.29, 0.717) is 12.6 Å². The van der Waals surface area contributed by atoms with Gasteiger partial charge in [-0.05, 0) is 62.6 Å². The Morgan fingerprint density at radius 2 is 2.28 bits per heavy atom. The highest BCUT2D eigenvalue weighted by Crippen LogP contribution is 2.28. The lowest BCUT2D eigenvalue weighted by molar-refractivity contribution is 0.615. The number of aromatic nitrogens is 1. The van der Waals surface area contributed by atoms with Crippen LogP contribution in [0, 0.1) is 5.82 Å². The number of thioether (sulfide) groups is 1.